The lowest BCUT2D eigenvalue weighted by atomic mass is 10.1. The molecule has 0 heterocycles. The molecule has 0 unspecified atom stereocenters. The second-order valence-corrected chi connectivity index (χ2v) is 3.68. The summed E-state index contributed by atoms with van der Waals surface area (Å²) in [6.07, 6.45) is 1.87. The van der Waals surface area contributed by atoms with Crippen LogP contribution in [0.4, 0.5) is 4.39 Å². The van der Waals surface area contributed by atoms with Crippen molar-refractivity contribution in [1.82, 2.24) is 5.32 Å². The molecule has 1 aromatic carbocycles. The van der Waals surface area contributed by atoms with Gasteiger partial charge in [-0.2, -0.15) is 0 Å². The summed E-state index contributed by atoms with van der Waals surface area (Å²) >= 11 is 0. The van der Waals surface area contributed by atoms with Crippen LogP contribution in [-0.2, 0) is 4.79 Å². The van der Waals surface area contributed by atoms with Gasteiger partial charge in [0.25, 0.3) is 0 Å². The van der Waals surface area contributed by atoms with Crippen molar-refractivity contribution in [2.75, 3.05) is 13.2 Å². The molecule has 17 heavy (non-hydrogen) atoms. The Hall–Kier alpha value is -1.68. The summed E-state index contributed by atoms with van der Waals surface area (Å²) in [4.78, 5) is 11.4. The first-order valence-electron chi connectivity index (χ1n) is 5.47. The van der Waals surface area contributed by atoms with Crippen LogP contribution in [-0.4, -0.2) is 24.2 Å². The molecular formula is C13H16FNO2. The highest BCUT2D eigenvalue weighted by molar-refractivity contribution is 5.94. The second-order valence-electron chi connectivity index (χ2n) is 3.68. The highest BCUT2D eigenvalue weighted by atomic mass is 19.1. The Morgan fingerprint density at radius 3 is 2.82 bits per heavy atom. The SMILES string of the molecule is C/C(=C/C(=O)NCCCO)c1ccccc1F. The number of rotatable bonds is 5. The molecule has 1 amide bonds. The van der Waals surface area contributed by atoms with Gasteiger partial charge in [0.05, 0.1) is 0 Å². The third-order valence-electron chi connectivity index (χ3n) is 2.28. The normalized spacial score (nSPS) is 11.4. The molecular weight excluding hydrogens is 221 g/mol. The monoisotopic (exact) mass is 237 g/mol. The molecule has 0 aliphatic rings. The van der Waals surface area contributed by atoms with Crippen LogP contribution in [0, 0.1) is 5.82 Å². The first-order valence-corrected chi connectivity index (χ1v) is 5.47. The molecule has 2 N–H and O–H groups in total. The van der Waals surface area contributed by atoms with Crippen molar-refractivity contribution in [3.63, 3.8) is 0 Å². The molecule has 0 aliphatic heterocycles. The minimum absolute atomic E-state index is 0.0380. The Balaban J connectivity index is 2.66. The summed E-state index contributed by atoms with van der Waals surface area (Å²) < 4.78 is 13.4. The van der Waals surface area contributed by atoms with Crippen LogP contribution in [0.15, 0.2) is 30.3 Å². The first kappa shape index (κ1) is 13.4. The van der Waals surface area contributed by atoms with E-state index in [1.165, 1.54) is 12.1 Å². The number of carbonyl (C=O) groups excluding carboxylic acids is 1. The quantitative estimate of drug-likeness (QED) is 0.605. The van der Waals surface area contributed by atoms with Crippen LogP contribution in [0.1, 0.15) is 18.9 Å². The molecule has 4 heteroatoms. The van der Waals surface area contributed by atoms with Crippen LogP contribution in [0.3, 0.4) is 0 Å². The molecule has 3 nitrogen and oxygen atoms in total. The number of hydrogen-bond donors (Lipinski definition) is 2. The largest absolute Gasteiger partial charge is 0.396 e. The molecule has 0 fully saturated rings. The lowest BCUT2D eigenvalue weighted by Gasteiger charge is -2.04. The molecule has 0 spiro atoms. The smallest absolute Gasteiger partial charge is 0.244 e. The van der Waals surface area contributed by atoms with E-state index in [2.05, 4.69) is 5.32 Å². The zero-order valence-electron chi connectivity index (χ0n) is 9.74. The third kappa shape index (κ3) is 4.36. The summed E-state index contributed by atoms with van der Waals surface area (Å²) in [6, 6.07) is 6.31. The van der Waals surface area contributed by atoms with E-state index in [4.69, 9.17) is 5.11 Å². The Bertz CT molecular complexity index is 416. The van der Waals surface area contributed by atoms with E-state index in [1.807, 2.05) is 0 Å². The lowest BCUT2D eigenvalue weighted by Crippen LogP contribution is -2.23. The molecule has 0 saturated carbocycles. The highest BCUT2D eigenvalue weighted by Crippen LogP contribution is 2.16. The van der Waals surface area contributed by atoms with Crippen LogP contribution >= 0.6 is 0 Å². The van der Waals surface area contributed by atoms with Crippen LogP contribution in [0.25, 0.3) is 5.57 Å². The Morgan fingerprint density at radius 1 is 1.47 bits per heavy atom. The molecule has 0 aliphatic carbocycles. The van der Waals surface area contributed by atoms with Crippen molar-refractivity contribution in [3.05, 3.63) is 41.7 Å². The lowest BCUT2D eigenvalue weighted by molar-refractivity contribution is -0.116. The molecule has 0 saturated heterocycles. The second kappa shape index (κ2) is 6.81. The maximum atomic E-state index is 13.4. The fraction of sp³-hybridized carbons (Fsp3) is 0.308. The number of halogens is 1. The van der Waals surface area contributed by atoms with Crippen molar-refractivity contribution < 1.29 is 14.3 Å². The molecule has 0 bridgehead atoms. The van der Waals surface area contributed by atoms with Gasteiger partial charge in [0.1, 0.15) is 5.82 Å². The van der Waals surface area contributed by atoms with E-state index in [1.54, 1.807) is 25.1 Å². The number of benzene rings is 1. The Kier molecular flexibility index (Phi) is 5.36. The minimum atomic E-state index is -0.343. The number of amides is 1. The van der Waals surface area contributed by atoms with E-state index in [9.17, 15) is 9.18 Å². The summed E-state index contributed by atoms with van der Waals surface area (Å²) in [5.41, 5.74) is 0.995. The van der Waals surface area contributed by atoms with Gasteiger partial charge < -0.3 is 10.4 Å². The first-order chi connectivity index (χ1) is 8.15. The molecule has 0 atom stereocenters. The molecule has 0 aromatic heterocycles. The number of aliphatic hydroxyl groups excluding tert-OH is 1. The van der Waals surface area contributed by atoms with Gasteiger partial charge in [-0.15, -0.1) is 0 Å². The van der Waals surface area contributed by atoms with Gasteiger partial charge in [-0.05, 0) is 25.0 Å². The van der Waals surface area contributed by atoms with E-state index in [-0.39, 0.29) is 18.3 Å². The maximum Gasteiger partial charge on any atom is 0.244 e. The third-order valence-corrected chi connectivity index (χ3v) is 2.28. The number of aliphatic hydroxyl groups is 1. The van der Waals surface area contributed by atoms with Crippen molar-refractivity contribution in [1.29, 1.82) is 0 Å². The maximum absolute atomic E-state index is 13.4. The van der Waals surface area contributed by atoms with Crippen LogP contribution in [0.2, 0.25) is 0 Å². The van der Waals surface area contributed by atoms with Crippen molar-refractivity contribution in [3.8, 4) is 0 Å². The Labute approximate surface area is 100.0 Å². The predicted molar refractivity (Wildman–Crippen MR) is 64.8 cm³/mol. The van der Waals surface area contributed by atoms with Gasteiger partial charge >= 0.3 is 0 Å². The average Bonchev–Trinajstić information content (AvgIpc) is 2.29. The molecule has 92 valence electrons. The van der Waals surface area contributed by atoms with Crippen molar-refractivity contribution in [2.45, 2.75) is 13.3 Å². The van der Waals surface area contributed by atoms with Gasteiger partial charge in [-0.1, -0.05) is 18.2 Å². The van der Waals surface area contributed by atoms with Crippen molar-refractivity contribution in [2.24, 2.45) is 0 Å². The van der Waals surface area contributed by atoms with E-state index < -0.39 is 0 Å². The number of carbonyl (C=O) groups is 1. The zero-order valence-corrected chi connectivity index (χ0v) is 9.74. The molecule has 0 radical (unpaired) electrons. The van der Waals surface area contributed by atoms with Gasteiger partial charge in [-0.3, -0.25) is 4.79 Å². The topological polar surface area (TPSA) is 49.3 Å². The number of allylic oxidation sites excluding steroid dienone is 1. The predicted octanol–water partition coefficient (Wildman–Crippen LogP) is 1.73. The fourth-order valence-corrected chi connectivity index (χ4v) is 1.40. The van der Waals surface area contributed by atoms with Gasteiger partial charge in [0, 0.05) is 24.8 Å². The standard InChI is InChI=1S/C13H16FNO2/c1-10(9-13(17)15-7-4-8-16)11-5-2-3-6-12(11)14/h2-3,5-6,9,16H,4,7-8H2,1H3,(H,15,17)/b10-9-. The molecule has 1 aromatic rings. The van der Waals surface area contributed by atoms with Gasteiger partial charge in [0.2, 0.25) is 5.91 Å². The van der Waals surface area contributed by atoms with E-state index in [0.29, 0.717) is 24.1 Å². The molecule has 1 rings (SSSR count). The minimum Gasteiger partial charge on any atom is -0.396 e. The number of nitrogens with one attached hydrogen (secondary N) is 1. The summed E-state index contributed by atoms with van der Waals surface area (Å²) in [7, 11) is 0. The zero-order chi connectivity index (χ0) is 12.7. The summed E-state index contributed by atoms with van der Waals surface area (Å²) in [5.74, 6) is -0.622. The fourth-order valence-electron chi connectivity index (χ4n) is 1.40. The Morgan fingerprint density at radius 2 is 2.18 bits per heavy atom. The van der Waals surface area contributed by atoms with Gasteiger partial charge in [-0.25, -0.2) is 4.39 Å². The highest BCUT2D eigenvalue weighted by Gasteiger charge is 2.04. The van der Waals surface area contributed by atoms with Crippen LogP contribution < -0.4 is 5.32 Å². The number of hydrogen-bond acceptors (Lipinski definition) is 2. The van der Waals surface area contributed by atoms with Crippen LogP contribution in [0.5, 0.6) is 0 Å². The van der Waals surface area contributed by atoms with E-state index in [0.717, 1.165) is 0 Å². The summed E-state index contributed by atoms with van der Waals surface area (Å²) in [6.45, 7) is 2.14. The average molecular weight is 237 g/mol. The summed E-state index contributed by atoms with van der Waals surface area (Å²) in [5, 5.41) is 11.2. The van der Waals surface area contributed by atoms with Crippen molar-refractivity contribution >= 4 is 11.5 Å². The van der Waals surface area contributed by atoms with Gasteiger partial charge in [0.15, 0.2) is 0 Å². The van der Waals surface area contributed by atoms with E-state index >= 15 is 0 Å².